The van der Waals surface area contributed by atoms with Crippen molar-refractivity contribution >= 4 is 11.6 Å². The molecule has 0 spiro atoms. The quantitative estimate of drug-likeness (QED) is 0.879. The fourth-order valence-electron chi connectivity index (χ4n) is 1.52. The van der Waals surface area contributed by atoms with E-state index in [0.29, 0.717) is 13.1 Å². The van der Waals surface area contributed by atoms with Crippen LogP contribution >= 0.6 is 11.6 Å². The molecule has 0 atom stereocenters. The monoisotopic (exact) mass is 236 g/mol. The second-order valence-corrected chi connectivity index (χ2v) is 3.90. The van der Waals surface area contributed by atoms with Crippen LogP contribution in [0.4, 0.5) is 0 Å². The molecule has 0 saturated heterocycles. The molecule has 2 rings (SSSR count). The second-order valence-electron chi connectivity index (χ2n) is 3.50. The van der Waals surface area contributed by atoms with E-state index in [4.69, 9.17) is 11.6 Å². The number of rotatable bonds is 4. The summed E-state index contributed by atoms with van der Waals surface area (Å²) in [6.45, 7) is 1.40. The van der Waals surface area contributed by atoms with Gasteiger partial charge in [0.05, 0.1) is 13.1 Å². The van der Waals surface area contributed by atoms with Gasteiger partial charge in [-0.15, -0.1) is 10.2 Å². The van der Waals surface area contributed by atoms with E-state index < -0.39 is 0 Å². The minimum atomic E-state index is 0.698. The highest BCUT2D eigenvalue weighted by Gasteiger charge is 2.05. The number of nitrogens with one attached hydrogen (secondary N) is 1. The fraction of sp³-hybridized carbons (Fsp3) is 0.273. The third kappa shape index (κ3) is 2.40. The van der Waals surface area contributed by atoms with Crippen molar-refractivity contribution in [2.75, 3.05) is 7.05 Å². The van der Waals surface area contributed by atoms with Gasteiger partial charge in [-0.3, -0.25) is 0 Å². The topological polar surface area (TPSA) is 42.7 Å². The van der Waals surface area contributed by atoms with Gasteiger partial charge in [-0.05, 0) is 18.7 Å². The summed E-state index contributed by atoms with van der Waals surface area (Å²) >= 11 is 6.10. The smallest absolute Gasteiger partial charge is 0.147 e. The maximum atomic E-state index is 6.10. The Kier molecular flexibility index (Phi) is 3.54. The highest BCUT2D eigenvalue weighted by Crippen LogP contribution is 2.16. The van der Waals surface area contributed by atoms with Gasteiger partial charge in [-0.1, -0.05) is 29.8 Å². The molecule has 2 aromatic rings. The van der Waals surface area contributed by atoms with E-state index in [-0.39, 0.29) is 0 Å². The van der Waals surface area contributed by atoms with Gasteiger partial charge in [-0.25, -0.2) is 0 Å². The lowest BCUT2D eigenvalue weighted by atomic mass is 10.2. The van der Waals surface area contributed by atoms with Gasteiger partial charge in [-0.2, -0.15) is 0 Å². The summed E-state index contributed by atoms with van der Waals surface area (Å²) in [4.78, 5) is 0. The molecule has 0 bridgehead atoms. The second kappa shape index (κ2) is 5.09. The van der Waals surface area contributed by atoms with E-state index in [0.717, 1.165) is 16.4 Å². The maximum Gasteiger partial charge on any atom is 0.147 e. The van der Waals surface area contributed by atoms with E-state index in [1.165, 1.54) is 0 Å². The van der Waals surface area contributed by atoms with Crippen LogP contribution in [0.25, 0.3) is 0 Å². The predicted octanol–water partition coefficient (Wildman–Crippen LogP) is 1.70. The standard InChI is InChI=1S/C11H13ClN4/c1-13-6-11-15-14-8-16(11)7-9-4-2-3-5-10(9)12/h2-5,8,13H,6-7H2,1H3. The van der Waals surface area contributed by atoms with E-state index in [2.05, 4.69) is 15.5 Å². The van der Waals surface area contributed by atoms with Gasteiger partial charge in [0.2, 0.25) is 0 Å². The first-order chi connectivity index (χ1) is 7.81. The molecule has 0 fully saturated rings. The largest absolute Gasteiger partial charge is 0.313 e. The molecule has 1 heterocycles. The van der Waals surface area contributed by atoms with Crippen molar-refractivity contribution in [2.45, 2.75) is 13.1 Å². The van der Waals surface area contributed by atoms with Crippen LogP contribution in [0.2, 0.25) is 5.02 Å². The van der Waals surface area contributed by atoms with Crippen molar-refractivity contribution in [2.24, 2.45) is 0 Å². The lowest BCUT2D eigenvalue weighted by Crippen LogP contribution is -2.12. The lowest BCUT2D eigenvalue weighted by Gasteiger charge is -2.07. The van der Waals surface area contributed by atoms with Gasteiger partial charge < -0.3 is 9.88 Å². The Bertz CT molecular complexity index is 467. The number of nitrogens with zero attached hydrogens (tertiary/aromatic N) is 3. The van der Waals surface area contributed by atoms with E-state index in [1.807, 2.05) is 35.9 Å². The molecule has 1 aromatic heterocycles. The number of halogens is 1. The normalized spacial score (nSPS) is 10.6. The Balaban J connectivity index is 2.20. The van der Waals surface area contributed by atoms with Crippen molar-refractivity contribution in [3.8, 4) is 0 Å². The molecule has 0 aliphatic carbocycles. The first-order valence-corrected chi connectivity index (χ1v) is 5.43. The van der Waals surface area contributed by atoms with E-state index in [9.17, 15) is 0 Å². The molecular formula is C11H13ClN4. The summed E-state index contributed by atoms with van der Waals surface area (Å²) < 4.78 is 1.98. The van der Waals surface area contributed by atoms with Gasteiger partial charge in [0.1, 0.15) is 12.2 Å². The fourth-order valence-corrected chi connectivity index (χ4v) is 1.71. The Morgan fingerprint density at radius 1 is 1.38 bits per heavy atom. The van der Waals surface area contributed by atoms with Gasteiger partial charge >= 0.3 is 0 Å². The molecule has 0 amide bonds. The van der Waals surface area contributed by atoms with E-state index in [1.54, 1.807) is 6.33 Å². The molecule has 1 N–H and O–H groups in total. The Morgan fingerprint density at radius 2 is 2.19 bits per heavy atom. The number of aromatic nitrogens is 3. The highest BCUT2D eigenvalue weighted by molar-refractivity contribution is 6.31. The third-order valence-corrected chi connectivity index (χ3v) is 2.70. The van der Waals surface area contributed by atoms with Gasteiger partial charge in [0.25, 0.3) is 0 Å². The van der Waals surface area contributed by atoms with Crippen LogP contribution in [-0.2, 0) is 13.1 Å². The molecule has 5 heteroatoms. The minimum absolute atomic E-state index is 0.698. The van der Waals surface area contributed by atoms with Crippen molar-refractivity contribution < 1.29 is 0 Å². The summed E-state index contributed by atoms with van der Waals surface area (Å²) in [5, 5.41) is 11.8. The van der Waals surface area contributed by atoms with Gasteiger partial charge in [0, 0.05) is 5.02 Å². The molecule has 0 radical (unpaired) electrons. The van der Waals surface area contributed by atoms with Crippen LogP contribution < -0.4 is 5.32 Å². The Morgan fingerprint density at radius 3 is 2.94 bits per heavy atom. The van der Waals surface area contributed by atoms with Crippen molar-refractivity contribution in [1.29, 1.82) is 0 Å². The summed E-state index contributed by atoms with van der Waals surface area (Å²) in [7, 11) is 1.88. The Labute approximate surface area is 99.3 Å². The molecule has 0 unspecified atom stereocenters. The zero-order valence-corrected chi connectivity index (χ0v) is 9.78. The van der Waals surface area contributed by atoms with Crippen molar-refractivity contribution in [3.63, 3.8) is 0 Å². The van der Waals surface area contributed by atoms with Crippen LogP contribution in [-0.4, -0.2) is 21.8 Å². The summed E-state index contributed by atoms with van der Waals surface area (Å²) in [5.41, 5.74) is 1.07. The molecular weight excluding hydrogens is 224 g/mol. The molecule has 0 aliphatic heterocycles. The predicted molar refractivity (Wildman–Crippen MR) is 63.3 cm³/mol. The summed E-state index contributed by atoms with van der Waals surface area (Å²) in [5.74, 6) is 0.905. The highest BCUT2D eigenvalue weighted by atomic mass is 35.5. The lowest BCUT2D eigenvalue weighted by molar-refractivity contribution is 0.673. The number of hydrogen-bond donors (Lipinski definition) is 1. The van der Waals surface area contributed by atoms with Crippen LogP contribution in [0.5, 0.6) is 0 Å². The average molecular weight is 237 g/mol. The van der Waals surface area contributed by atoms with Crippen molar-refractivity contribution in [1.82, 2.24) is 20.1 Å². The minimum Gasteiger partial charge on any atom is -0.313 e. The first-order valence-electron chi connectivity index (χ1n) is 5.06. The van der Waals surface area contributed by atoms with Crippen LogP contribution in [0.1, 0.15) is 11.4 Å². The molecule has 0 aliphatic rings. The molecule has 4 nitrogen and oxygen atoms in total. The van der Waals surface area contributed by atoms with Crippen LogP contribution in [0.15, 0.2) is 30.6 Å². The molecule has 0 saturated carbocycles. The average Bonchev–Trinajstić information content (AvgIpc) is 2.70. The molecule has 16 heavy (non-hydrogen) atoms. The van der Waals surface area contributed by atoms with E-state index >= 15 is 0 Å². The van der Waals surface area contributed by atoms with Crippen LogP contribution in [0, 0.1) is 0 Å². The first kappa shape index (κ1) is 11.1. The Hall–Kier alpha value is -1.39. The SMILES string of the molecule is CNCc1nncn1Cc1ccccc1Cl. The number of benzene rings is 1. The zero-order valence-electron chi connectivity index (χ0n) is 9.02. The zero-order chi connectivity index (χ0) is 11.4. The van der Waals surface area contributed by atoms with Crippen LogP contribution in [0.3, 0.4) is 0 Å². The third-order valence-electron chi connectivity index (χ3n) is 2.33. The molecule has 1 aromatic carbocycles. The number of hydrogen-bond acceptors (Lipinski definition) is 3. The maximum absolute atomic E-state index is 6.10. The van der Waals surface area contributed by atoms with Gasteiger partial charge in [0.15, 0.2) is 0 Å². The molecule has 84 valence electrons. The van der Waals surface area contributed by atoms with Crippen molar-refractivity contribution in [3.05, 3.63) is 47.0 Å². The summed E-state index contributed by atoms with van der Waals surface area (Å²) in [6, 6.07) is 7.79. The summed E-state index contributed by atoms with van der Waals surface area (Å²) in [6.07, 6.45) is 1.72.